The van der Waals surface area contributed by atoms with E-state index < -0.39 is 11.4 Å². The number of methoxy groups -OCH3 is 1. The number of hydrogen-bond acceptors (Lipinski definition) is 5. The van der Waals surface area contributed by atoms with Gasteiger partial charge in [-0.1, -0.05) is 13.8 Å². The molecule has 0 aliphatic carbocycles. The molecule has 0 aromatic heterocycles. The molecule has 1 fully saturated rings. The Labute approximate surface area is 140 Å². The lowest BCUT2D eigenvalue weighted by molar-refractivity contribution is -0.159. The highest BCUT2D eigenvalue weighted by Gasteiger charge is 2.41. The summed E-state index contributed by atoms with van der Waals surface area (Å²) in [5, 5.41) is 0. The first-order valence-electron chi connectivity index (χ1n) is 8.47. The van der Waals surface area contributed by atoms with E-state index in [9.17, 15) is 9.59 Å². The van der Waals surface area contributed by atoms with Gasteiger partial charge in [0.1, 0.15) is 17.8 Å². The van der Waals surface area contributed by atoms with Crippen LogP contribution < -0.4 is 0 Å². The van der Waals surface area contributed by atoms with Crippen molar-refractivity contribution in [3.05, 3.63) is 0 Å². The summed E-state index contributed by atoms with van der Waals surface area (Å²) >= 11 is 0. The maximum atomic E-state index is 12.6. The Balaban J connectivity index is 3.06. The van der Waals surface area contributed by atoms with Crippen LogP contribution in [0.25, 0.3) is 0 Å². The number of hydrogen-bond donors (Lipinski definition) is 0. The summed E-state index contributed by atoms with van der Waals surface area (Å²) in [7, 11) is 3.72. The fraction of sp³-hybridized carbons (Fsp3) is 0.889. The summed E-state index contributed by atoms with van der Waals surface area (Å²) in [6.07, 6.45) is 1.19. The van der Waals surface area contributed by atoms with Crippen molar-refractivity contribution < 1.29 is 19.1 Å². The van der Waals surface area contributed by atoms with Gasteiger partial charge in [-0.2, -0.15) is 0 Å². The number of cyclic esters (lactones) is 1. The van der Waals surface area contributed by atoms with Crippen molar-refractivity contribution in [2.75, 3.05) is 33.9 Å². The van der Waals surface area contributed by atoms with Crippen LogP contribution >= 0.6 is 0 Å². The van der Waals surface area contributed by atoms with E-state index in [2.05, 4.69) is 18.7 Å². The minimum atomic E-state index is -1.11. The number of carbonyl (C=O) groups excluding carboxylic acids is 2. The molecule has 5 heteroatoms. The molecule has 23 heavy (non-hydrogen) atoms. The minimum Gasteiger partial charge on any atom is -0.464 e. The van der Waals surface area contributed by atoms with Crippen molar-refractivity contribution in [1.29, 1.82) is 0 Å². The van der Waals surface area contributed by atoms with Gasteiger partial charge in [0.25, 0.3) is 0 Å². The Hall–Kier alpha value is -0.940. The van der Waals surface area contributed by atoms with Crippen molar-refractivity contribution in [1.82, 2.24) is 4.90 Å². The molecule has 1 unspecified atom stereocenters. The number of ketones is 1. The van der Waals surface area contributed by atoms with Crippen LogP contribution in [0.3, 0.4) is 0 Å². The topological polar surface area (TPSA) is 55.8 Å². The zero-order valence-electron chi connectivity index (χ0n) is 15.8. The Kier molecular flexibility index (Phi) is 6.78. The van der Waals surface area contributed by atoms with Crippen LogP contribution in [0.4, 0.5) is 0 Å². The molecule has 134 valence electrons. The first-order valence-corrected chi connectivity index (χ1v) is 8.47. The van der Waals surface area contributed by atoms with Gasteiger partial charge < -0.3 is 14.4 Å². The number of likely N-dealkylation sites (N-methyl/N-ethyl adjacent to an activating group) is 1. The SMILES string of the molecule is CO[C@]1(C)CC(C)CN(C)CCOC(=O)C(C)(C)C(=O)C[C@H]1C. The smallest absolute Gasteiger partial charge is 0.319 e. The van der Waals surface area contributed by atoms with E-state index in [1.807, 2.05) is 14.0 Å². The quantitative estimate of drug-likeness (QED) is 0.547. The molecule has 1 rings (SSSR count). The lowest BCUT2D eigenvalue weighted by Gasteiger charge is -2.37. The normalized spacial score (nSPS) is 34.9. The van der Waals surface area contributed by atoms with Gasteiger partial charge in [-0.15, -0.1) is 0 Å². The highest BCUT2D eigenvalue weighted by Crippen LogP contribution is 2.34. The molecule has 5 nitrogen and oxygen atoms in total. The average Bonchev–Trinajstić information content (AvgIpc) is 2.45. The van der Waals surface area contributed by atoms with E-state index in [0.717, 1.165) is 13.0 Å². The summed E-state index contributed by atoms with van der Waals surface area (Å²) in [4.78, 5) is 27.1. The molecule has 0 aromatic rings. The number of nitrogens with zero attached hydrogens (tertiary/aromatic N) is 1. The zero-order valence-corrected chi connectivity index (χ0v) is 15.8. The lowest BCUT2D eigenvalue weighted by atomic mass is 9.76. The maximum Gasteiger partial charge on any atom is 0.319 e. The van der Waals surface area contributed by atoms with Crippen LogP contribution in [0.1, 0.15) is 47.5 Å². The maximum absolute atomic E-state index is 12.6. The molecule has 0 amide bonds. The number of Topliss-reactive ketones (excluding diaryl/α,β-unsaturated/α-hetero) is 1. The highest BCUT2D eigenvalue weighted by molar-refractivity contribution is 6.03. The van der Waals surface area contributed by atoms with E-state index in [0.29, 0.717) is 25.5 Å². The number of carbonyl (C=O) groups is 2. The van der Waals surface area contributed by atoms with Gasteiger partial charge in [0.15, 0.2) is 0 Å². The van der Waals surface area contributed by atoms with Gasteiger partial charge in [0.05, 0.1) is 5.60 Å². The van der Waals surface area contributed by atoms with Gasteiger partial charge in [-0.25, -0.2) is 0 Å². The van der Waals surface area contributed by atoms with Crippen LogP contribution in [-0.2, 0) is 19.1 Å². The number of rotatable bonds is 1. The van der Waals surface area contributed by atoms with Gasteiger partial charge in [0, 0.05) is 26.6 Å². The summed E-state index contributed by atoms with van der Waals surface area (Å²) in [5.41, 5.74) is -1.49. The van der Waals surface area contributed by atoms with Crippen LogP contribution in [0.2, 0.25) is 0 Å². The Morgan fingerprint density at radius 2 is 1.83 bits per heavy atom. The van der Waals surface area contributed by atoms with Crippen molar-refractivity contribution in [3.63, 3.8) is 0 Å². The van der Waals surface area contributed by atoms with Crippen molar-refractivity contribution in [3.8, 4) is 0 Å². The molecule has 0 radical (unpaired) electrons. The van der Waals surface area contributed by atoms with Crippen molar-refractivity contribution in [2.24, 2.45) is 17.3 Å². The Bertz CT molecular complexity index is 435. The number of ether oxygens (including phenoxy) is 2. The molecule has 1 aliphatic rings. The van der Waals surface area contributed by atoms with Crippen LogP contribution in [0.5, 0.6) is 0 Å². The molecule has 1 saturated heterocycles. The zero-order chi connectivity index (χ0) is 17.8. The minimum absolute atomic E-state index is 0.0283. The molecular formula is C18H33NO4. The van der Waals surface area contributed by atoms with E-state index in [1.54, 1.807) is 21.0 Å². The molecule has 0 spiro atoms. The van der Waals surface area contributed by atoms with Crippen molar-refractivity contribution in [2.45, 2.75) is 53.1 Å². The van der Waals surface area contributed by atoms with Gasteiger partial charge in [0.2, 0.25) is 0 Å². The molecule has 3 atom stereocenters. The highest BCUT2D eigenvalue weighted by atomic mass is 16.5. The van der Waals surface area contributed by atoms with Gasteiger partial charge in [-0.3, -0.25) is 9.59 Å². The van der Waals surface area contributed by atoms with Crippen LogP contribution in [-0.4, -0.2) is 56.1 Å². The molecule has 1 aliphatic heterocycles. The van der Waals surface area contributed by atoms with Gasteiger partial charge in [-0.05, 0) is 46.1 Å². The summed E-state index contributed by atoms with van der Waals surface area (Å²) in [6, 6.07) is 0. The van der Waals surface area contributed by atoms with Crippen LogP contribution in [0.15, 0.2) is 0 Å². The monoisotopic (exact) mass is 327 g/mol. The van der Waals surface area contributed by atoms with Crippen molar-refractivity contribution >= 4 is 11.8 Å². The van der Waals surface area contributed by atoms with Gasteiger partial charge >= 0.3 is 5.97 Å². The molecule has 1 heterocycles. The predicted octanol–water partition coefficient (Wildman–Crippen LogP) is 2.53. The van der Waals surface area contributed by atoms with E-state index in [1.165, 1.54) is 0 Å². The first kappa shape index (κ1) is 20.1. The molecule has 0 saturated carbocycles. The van der Waals surface area contributed by atoms with E-state index in [-0.39, 0.29) is 17.3 Å². The second-order valence-electron chi connectivity index (χ2n) is 7.88. The second-order valence-corrected chi connectivity index (χ2v) is 7.88. The average molecular weight is 327 g/mol. The fourth-order valence-electron chi connectivity index (χ4n) is 3.20. The molecule has 0 bridgehead atoms. The van der Waals surface area contributed by atoms with E-state index >= 15 is 0 Å². The van der Waals surface area contributed by atoms with Crippen LogP contribution in [0, 0.1) is 17.3 Å². The molecule has 0 N–H and O–H groups in total. The summed E-state index contributed by atoms with van der Waals surface area (Å²) in [5.74, 6) is -0.0689. The third-order valence-electron chi connectivity index (χ3n) is 5.29. The Morgan fingerprint density at radius 3 is 2.39 bits per heavy atom. The fourth-order valence-corrected chi connectivity index (χ4v) is 3.20. The lowest BCUT2D eigenvalue weighted by Crippen LogP contribution is -2.42. The molecule has 0 aromatic carbocycles. The Morgan fingerprint density at radius 1 is 1.22 bits per heavy atom. The largest absolute Gasteiger partial charge is 0.464 e. The van der Waals surface area contributed by atoms with E-state index in [4.69, 9.17) is 9.47 Å². The standard InChI is InChI=1S/C18H33NO4/c1-13-11-18(5,22-7)14(2)10-15(20)17(3,4)16(21)23-9-8-19(6)12-13/h13-14H,8-12H2,1-7H3/t13?,14-,18-/m1/s1. The predicted molar refractivity (Wildman–Crippen MR) is 90.2 cm³/mol. The first-order chi connectivity index (χ1) is 10.5. The summed E-state index contributed by atoms with van der Waals surface area (Å²) in [6.45, 7) is 11.5. The third kappa shape index (κ3) is 5.01. The summed E-state index contributed by atoms with van der Waals surface area (Å²) < 4.78 is 11.1. The molecular weight excluding hydrogens is 294 g/mol. The second kappa shape index (κ2) is 7.75. The third-order valence-corrected chi connectivity index (χ3v) is 5.29. The number of esters is 1.